The van der Waals surface area contributed by atoms with Gasteiger partial charge in [-0.3, -0.25) is 9.59 Å². The molecular formula is C5H6BrNO3S. The summed E-state index contributed by atoms with van der Waals surface area (Å²) in [4.78, 5) is 25.6. The fourth-order valence-electron chi connectivity index (χ4n) is 0.364. The molecule has 0 aliphatic heterocycles. The predicted octanol–water partition coefficient (Wildman–Crippen LogP) is 0.409. The van der Waals surface area contributed by atoms with Crippen LogP contribution in [0.4, 0.5) is 0 Å². The van der Waals surface area contributed by atoms with E-state index in [9.17, 15) is 9.59 Å². The fraction of sp³-hybridized carbons (Fsp3) is 0.400. The molecule has 0 aromatic carbocycles. The van der Waals surface area contributed by atoms with E-state index in [0.29, 0.717) is 0 Å². The number of oxime groups is 1. The van der Waals surface area contributed by atoms with Crippen LogP contribution in [-0.2, 0) is 14.4 Å². The second-order valence-corrected chi connectivity index (χ2v) is 2.45. The van der Waals surface area contributed by atoms with E-state index in [4.69, 9.17) is 0 Å². The Morgan fingerprint density at radius 3 is 2.45 bits per heavy atom. The first kappa shape index (κ1) is 10.6. The highest BCUT2D eigenvalue weighted by atomic mass is 79.9. The molecule has 0 aliphatic rings. The van der Waals surface area contributed by atoms with Crippen LogP contribution >= 0.6 is 28.6 Å². The molecule has 0 aromatic rings. The van der Waals surface area contributed by atoms with Crippen LogP contribution in [-0.4, -0.2) is 29.1 Å². The van der Waals surface area contributed by atoms with E-state index in [-0.39, 0.29) is 11.0 Å². The van der Waals surface area contributed by atoms with Gasteiger partial charge in [0.25, 0.3) is 0 Å². The summed E-state index contributed by atoms with van der Waals surface area (Å²) in [5.74, 6) is -0.452. The number of carbonyl (C=O) groups is 2. The summed E-state index contributed by atoms with van der Waals surface area (Å²) in [5, 5.41) is 2.54. The van der Waals surface area contributed by atoms with Gasteiger partial charge in [-0.25, -0.2) is 0 Å². The molecule has 0 spiro atoms. The molecule has 0 bridgehead atoms. The molecule has 6 heteroatoms. The predicted molar refractivity (Wildman–Crippen MR) is 47.2 cm³/mol. The molecule has 0 N–H and O–H groups in total. The number of Topliss-reactive ketones (excluding diaryl/α,β-unsaturated/α-hetero) is 1. The number of carbonyl (C=O) groups excluding carboxylic acids is 2. The van der Waals surface area contributed by atoms with Crippen molar-refractivity contribution < 1.29 is 14.4 Å². The summed E-state index contributed by atoms with van der Waals surface area (Å²) in [6.07, 6.45) is 0. The quantitative estimate of drug-likeness (QED) is 0.254. The number of thiol groups is 1. The van der Waals surface area contributed by atoms with E-state index < -0.39 is 10.9 Å². The van der Waals surface area contributed by atoms with Gasteiger partial charge >= 0.3 is 0 Å². The molecule has 0 aliphatic carbocycles. The van der Waals surface area contributed by atoms with Crippen LogP contribution in [0, 0.1) is 0 Å². The molecule has 0 radical (unpaired) electrons. The molecule has 0 heterocycles. The van der Waals surface area contributed by atoms with E-state index in [0.717, 1.165) is 0 Å². The van der Waals surface area contributed by atoms with Crippen molar-refractivity contribution in [1.29, 1.82) is 0 Å². The van der Waals surface area contributed by atoms with E-state index >= 15 is 0 Å². The molecule has 0 aromatic heterocycles. The molecule has 0 fully saturated rings. The SMILES string of the molecule is CON=C(C(=O)S)C(=O)CBr. The molecule has 62 valence electrons. The zero-order valence-electron chi connectivity index (χ0n) is 5.70. The van der Waals surface area contributed by atoms with Crippen LogP contribution in [0.5, 0.6) is 0 Å². The van der Waals surface area contributed by atoms with Gasteiger partial charge in [0.05, 0.1) is 5.33 Å². The third-order valence-electron chi connectivity index (χ3n) is 0.771. The Bertz CT molecular complexity index is 204. The largest absolute Gasteiger partial charge is 0.398 e. The molecule has 0 atom stereocenters. The normalized spacial score (nSPS) is 11.0. The van der Waals surface area contributed by atoms with E-state index in [2.05, 4.69) is 38.6 Å². The summed E-state index contributed by atoms with van der Waals surface area (Å²) in [6, 6.07) is 0. The highest BCUT2D eigenvalue weighted by molar-refractivity contribution is 9.09. The third kappa shape index (κ3) is 3.52. The number of nitrogens with zero attached hydrogens (tertiary/aromatic N) is 1. The van der Waals surface area contributed by atoms with Gasteiger partial charge in [0.15, 0.2) is 11.5 Å². The zero-order chi connectivity index (χ0) is 8.85. The lowest BCUT2D eigenvalue weighted by atomic mass is 10.3. The summed E-state index contributed by atoms with van der Waals surface area (Å²) < 4.78 is 0. The molecule has 0 unspecified atom stereocenters. The van der Waals surface area contributed by atoms with Crippen LogP contribution < -0.4 is 0 Å². The van der Waals surface area contributed by atoms with E-state index in [1.807, 2.05) is 0 Å². The Morgan fingerprint density at radius 1 is 1.64 bits per heavy atom. The number of alkyl halides is 1. The third-order valence-corrected chi connectivity index (χ3v) is 1.49. The van der Waals surface area contributed by atoms with Crippen molar-refractivity contribution >= 4 is 45.2 Å². The lowest BCUT2D eigenvalue weighted by molar-refractivity contribution is -0.112. The van der Waals surface area contributed by atoms with Crippen LogP contribution in [0.25, 0.3) is 0 Å². The van der Waals surface area contributed by atoms with Crippen molar-refractivity contribution in [2.45, 2.75) is 0 Å². The van der Waals surface area contributed by atoms with Gasteiger partial charge in [0.2, 0.25) is 5.12 Å². The maximum absolute atomic E-state index is 10.8. The summed E-state index contributed by atoms with van der Waals surface area (Å²) in [7, 11) is 1.25. The average Bonchev–Trinajstić information content (AvgIpc) is 1.98. The van der Waals surface area contributed by atoms with Gasteiger partial charge in [-0.05, 0) is 0 Å². The van der Waals surface area contributed by atoms with Crippen molar-refractivity contribution in [3.8, 4) is 0 Å². The van der Waals surface area contributed by atoms with Crippen molar-refractivity contribution in [2.24, 2.45) is 5.16 Å². The highest BCUT2D eigenvalue weighted by Crippen LogP contribution is 1.93. The van der Waals surface area contributed by atoms with Crippen LogP contribution in [0.15, 0.2) is 5.16 Å². The minimum Gasteiger partial charge on any atom is -0.398 e. The van der Waals surface area contributed by atoms with Crippen LogP contribution in [0.2, 0.25) is 0 Å². The number of ketones is 1. The Labute approximate surface area is 77.5 Å². The highest BCUT2D eigenvalue weighted by Gasteiger charge is 2.16. The molecule has 0 rings (SSSR count). The van der Waals surface area contributed by atoms with Crippen molar-refractivity contribution in [1.82, 2.24) is 0 Å². The van der Waals surface area contributed by atoms with Gasteiger partial charge < -0.3 is 4.84 Å². The number of rotatable bonds is 4. The minimum atomic E-state index is -0.698. The Balaban J connectivity index is 4.48. The zero-order valence-corrected chi connectivity index (χ0v) is 8.18. The number of hydrogen-bond donors (Lipinski definition) is 1. The first-order chi connectivity index (χ1) is 5.13. The Kier molecular flexibility index (Phi) is 5.14. The summed E-state index contributed by atoms with van der Waals surface area (Å²) >= 11 is 6.31. The topological polar surface area (TPSA) is 55.7 Å². The van der Waals surface area contributed by atoms with Crippen LogP contribution in [0.1, 0.15) is 0 Å². The van der Waals surface area contributed by atoms with Gasteiger partial charge in [-0.2, -0.15) is 0 Å². The van der Waals surface area contributed by atoms with Gasteiger partial charge in [0, 0.05) is 0 Å². The minimum absolute atomic E-state index is 0.0293. The molecule has 0 amide bonds. The van der Waals surface area contributed by atoms with E-state index in [1.54, 1.807) is 0 Å². The second kappa shape index (κ2) is 5.31. The maximum Gasteiger partial charge on any atom is 0.241 e. The molecule has 11 heavy (non-hydrogen) atoms. The number of hydrogen-bond acceptors (Lipinski definition) is 4. The van der Waals surface area contributed by atoms with Gasteiger partial charge in [-0.15, -0.1) is 0 Å². The van der Waals surface area contributed by atoms with E-state index in [1.165, 1.54) is 7.11 Å². The first-order valence-corrected chi connectivity index (χ1v) is 4.14. The smallest absolute Gasteiger partial charge is 0.241 e. The Hall–Kier alpha value is -0.360. The summed E-state index contributed by atoms with van der Waals surface area (Å²) in [6.45, 7) is 0. The fourth-order valence-corrected chi connectivity index (χ4v) is 0.795. The Morgan fingerprint density at radius 2 is 2.18 bits per heavy atom. The van der Waals surface area contributed by atoms with Gasteiger partial charge in [-0.1, -0.05) is 33.7 Å². The standard InChI is InChI=1S/C5H6BrNO3S/c1-10-7-4(5(9)11)3(8)2-6/h2H2,1H3,(H,9,11). The lowest BCUT2D eigenvalue weighted by Gasteiger charge is -1.94. The van der Waals surface area contributed by atoms with Crippen molar-refractivity contribution in [2.75, 3.05) is 12.4 Å². The monoisotopic (exact) mass is 239 g/mol. The molecule has 0 saturated heterocycles. The molecule has 0 saturated carbocycles. The van der Waals surface area contributed by atoms with Crippen molar-refractivity contribution in [3.05, 3.63) is 0 Å². The second-order valence-electron chi connectivity index (χ2n) is 1.48. The molecule has 4 nitrogen and oxygen atoms in total. The van der Waals surface area contributed by atoms with Crippen LogP contribution in [0.3, 0.4) is 0 Å². The van der Waals surface area contributed by atoms with Gasteiger partial charge in [0.1, 0.15) is 7.11 Å². The number of halogens is 1. The average molecular weight is 240 g/mol. The maximum atomic E-state index is 10.8. The first-order valence-electron chi connectivity index (χ1n) is 2.57. The van der Waals surface area contributed by atoms with Crippen molar-refractivity contribution in [3.63, 3.8) is 0 Å². The summed E-state index contributed by atoms with van der Waals surface area (Å²) in [5.41, 5.74) is -0.298. The lowest BCUT2D eigenvalue weighted by Crippen LogP contribution is -2.21. The molecular weight excluding hydrogens is 234 g/mol.